The second-order valence-electron chi connectivity index (χ2n) is 4.23. The fourth-order valence-electron chi connectivity index (χ4n) is 2.25. The fourth-order valence-corrected chi connectivity index (χ4v) is 2.25. The van der Waals surface area contributed by atoms with Crippen LogP contribution in [-0.2, 0) is 6.42 Å². The number of nitrogens with one attached hydrogen (secondary N) is 1. The van der Waals surface area contributed by atoms with E-state index in [4.69, 9.17) is 0 Å². The van der Waals surface area contributed by atoms with Crippen LogP contribution < -0.4 is 5.32 Å². The number of aryl methyl sites for hydroxylation is 1. The molecule has 1 saturated heterocycles. The maximum Gasteiger partial charge on any atom is 0.0934 e. The molecular weight excluding hydrogens is 189 g/mol. The molecule has 15 heavy (non-hydrogen) atoms. The summed E-state index contributed by atoms with van der Waals surface area (Å²) in [5, 5.41) is 3.41. The third-order valence-electron chi connectivity index (χ3n) is 3.10. The van der Waals surface area contributed by atoms with E-state index >= 15 is 0 Å². The first-order chi connectivity index (χ1) is 7.40. The van der Waals surface area contributed by atoms with Gasteiger partial charge in [-0.2, -0.15) is 0 Å². The van der Waals surface area contributed by atoms with E-state index in [-0.39, 0.29) is 6.67 Å². The summed E-state index contributed by atoms with van der Waals surface area (Å²) in [5.74, 6) is 0.623. The standard InChI is InChI=1S/C13H18FN/c14-7-6-11-3-1-4-12(9-11)13-5-2-8-15-10-13/h1,3-4,9,13,15H,2,5-8,10H2. The first-order valence-corrected chi connectivity index (χ1v) is 5.75. The Morgan fingerprint density at radius 1 is 1.40 bits per heavy atom. The van der Waals surface area contributed by atoms with Crippen molar-refractivity contribution < 1.29 is 4.39 Å². The highest BCUT2D eigenvalue weighted by atomic mass is 19.1. The fraction of sp³-hybridized carbons (Fsp3) is 0.538. The van der Waals surface area contributed by atoms with Crippen molar-refractivity contribution in [3.63, 3.8) is 0 Å². The Kier molecular flexibility index (Phi) is 3.73. The Balaban J connectivity index is 2.09. The second-order valence-corrected chi connectivity index (χ2v) is 4.23. The van der Waals surface area contributed by atoms with Gasteiger partial charge in [0.1, 0.15) is 0 Å². The van der Waals surface area contributed by atoms with Crippen LogP contribution in [-0.4, -0.2) is 19.8 Å². The molecule has 0 spiro atoms. The summed E-state index contributed by atoms with van der Waals surface area (Å²) >= 11 is 0. The van der Waals surface area contributed by atoms with Gasteiger partial charge in [-0.3, -0.25) is 4.39 Å². The molecule has 1 N–H and O–H groups in total. The molecule has 0 radical (unpaired) electrons. The first kappa shape index (κ1) is 10.6. The Morgan fingerprint density at radius 3 is 3.07 bits per heavy atom. The summed E-state index contributed by atoms with van der Waals surface area (Å²) in [5.41, 5.74) is 2.49. The van der Waals surface area contributed by atoms with E-state index in [0.717, 1.165) is 18.7 Å². The molecule has 2 rings (SSSR count). The van der Waals surface area contributed by atoms with E-state index in [9.17, 15) is 4.39 Å². The van der Waals surface area contributed by atoms with Gasteiger partial charge < -0.3 is 5.32 Å². The van der Waals surface area contributed by atoms with Crippen molar-refractivity contribution in [1.82, 2.24) is 5.32 Å². The highest BCUT2D eigenvalue weighted by molar-refractivity contribution is 5.27. The summed E-state index contributed by atoms with van der Waals surface area (Å²) in [4.78, 5) is 0. The molecule has 1 aliphatic rings. The maximum atomic E-state index is 12.2. The van der Waals surface area contributed by atoms with Crippen molar-refractivity contribution in [2.45, 2.75) is 25.2 Å². The zero-order chi connectivity index (χ0) is 10.5. The zero-order valence-corrected chi connectivity index (χ0v) is 9.01. The summed E-state index contributed by atoms with van der Waals surface area (Å²) < 4.78 is 12.2. The van der Waals surface area contributed by atoms with Crippen LogP contribution in [0, 0.1) is 0 Å². The van der Waals surface area contributed by atoms with E-state index in [1.54, 1.807) is 0 Å². The number of alkyl halides is 1. The monoisotopic (exact) mass is 207 g/mol. The lowest BCUT2D eigenvalue weighted by Crippen LogP contribution is -2.28. The van der Waals surface area contributed by atoms with Gasteiger partial charge in [0.2, 0.25) is 0 Å². The minimum absolute atomic E-state index is 0.258. The molecule has 0 amide bonds. The molecular formula is C13H18FN. The van der Waals surface area contributed by atoms with Gasteiger partial charge in [-0.1, -0.05) is 24.3 Å². The number of benzene rings is 1. The van der Waals surface area contributed by atoms with Crippen molar-refractivity contribution >= 4 is 0 Å². The molecule has 0 saturated carbocycles. The van der Waals surface area contributed by atoms with Crippen LogP contribution in [0.3, 0.4) is 0 Å². The topological polar surface area (TPSA) is 12.0 Å². The quantitative estimate of drug-likeness (QED) is 0.803. The van der Waals surface area contributed by atoms with Crippen molar-refractivity contribution in [1.29, 1.82) is 0 Å². The maximum absolute atomic E-state index is 12.2. The number of piperidine rings is 1. The van der Waals surface area contributed by atoms with Crippen molar-refractivity contribution in [2.24, 2.45) is 0 Å². The van der Waals surface area contributed by atoms with Crippen LogP contribution in [0.4, 0.5) is 4.39 Å². The normalized spacial score (nSPS) is 21.5. The Labute approximate surface area is 90.7 Å². The molecule has 82 valence electrons. The van der Waals surface area contributed by atoms with Crippen LogP contribution >= 0.6 is 0 Å². The van der Waals surface area contributed by atoms with Gasteiger partial charge >= 0.3 is 0 Å². The molecule has 1 nitrogen and oxygen atoms in total. The van der Waals surface area contributed by atoms with Crippen LogP contribution in [0.5, 0.6) is 0 Å². The van der Waals surface area contributed by atoms with E-state index in [2.05, 4.69) is 23.5 Å². The van der Waals surface area contributed by atoms with Gasteiger partial charge in [0.15, 0.2) is 0 Å². The molecule has 1 fully saturated rings. The largest absolute Gasteiger partial charge is 0.316 e. The number of hydrogen-bond donors (Lipinski definition) is 1. The molecule has 1 aromatic rings. The molecule has 2 heteroatoms. The van der Waals surface area contributed by atoms with Gasteiger partial charge in [0, 0.05) is 13.0 Å². The van der Waals surface area contributed by atoms with Gasteiger partial charge in [0.05, 0.1) is 6.67 Å². The third-order valence-corrected chi connectivity index (χ3v) is 3.10. The SMILES string of the molecule is FCCc1cccc(C2CCCNC2)c1. The summed E-state index contributed by atoms with van der Waals surface area (Å²) in [7, 11) is 0. The Bertz CT molecular complexity index is 305. The lowest BCUT2D eigenvalue weighted by Gasteiger charge is -2.23. The highest BCUT2D eigenvalue weighted by Gasteiger charge is 2.14. The van der Waals surface area contributed by atoms with Crippen molar-refractivity contribution in [3.05, 3.63) is 35.4 Å². The number of rotatable bonds is 3. The first-order valence-electron chi connectivity index (χ1n) is 5.75. The van der Waals surface area contributed by atoms with Gasteiger partial charge in [-0.05, 0) is 36.4 Å². The minimum atomic E-state index is -0.258. The Hall–Kier alpha value is -0.890. The van der Waals surface area contributed by atoms with Crippen LogP contribution in [0.2, 0.25) is 0 Å². The number of halogens is 1. The molecule has 0 aromatic heterocycles. The average Bonchev–Trinajstić information content (AvgIpc) is 2.31. The van der Waals surface area contributed by atoms with Gasteiger partial charge in [0.25, 0.3) is 0 Å². The van der Waals surface area contributed by atoms with E-state index in [0.29, 0.717) is 12.3 Å². The summed E-state index contributed by atoms with van der Waals surface area (Å²) in [6, 6.07) is 8.39. The molecule has 1 aromatic carbocycles. The van der Waals surface area contributed by atoms with E-state index in [1.807, 2.05) is 6.07 Å². The Morgan fingerprint density at radius 2 is 2.33 bits per heavy atom. The van der Waals surface area contributed by atoms with Crippen LogP contribution in [0.25, 0.3) is 0 Å². The minimum Gasteiger partial charge on any atom is -0.316 e. The van der Waals surface area contributed by atoms with Crippen LogP contribution in [0.15, 0.2) is 24.3 Å². The average molecular weight is 207 g/mol. The van der Waals surface area contributed by atoms with Gasteiger partial charge in [-0.15, -0.1) is 0 Å². The lowest BCUT2D eigenvalue weighted by molar-refractivity contribution is 0.460. The third kappa shape index (κ3) is 2.78. The van der Waals surface area contributed by atoms with Gasteiger partial charge in [-0.25, -0.2) is 0 Å². The van der Waals surface area contributed by atoms with E-state index < -0.39 is 0 Å². The molecule has 1 heterocycles. The van der Waals surface area contributed by atoms with Crippen LogP contribution in [0.1, 0.15) is 29.9 Å². The zero-order valence-electron chi connectivity index (χ0n) is 9.01. The molecule has 1 aliphatic heterocycles. The molecule has 1 atom stereocenters. The van der Waals surface area contributed by atoms with Crippen molar-refractivity contribution in [3.8, 4) is 0 Å². The summed E-state index contributed by atoms with van der Waals surface area (Å²) in [6.07, 6.45) is 3.05. The predicted molar refractivity (Wildman–Crippen MR) is 61.0 cm³/mol. The highest BCUT2D eigenvalue weighted by Crippen LogP contribution is 2.23. The number of hydrogen-bond acceptors (Lipinski definition) is 1. The molecule has 0 aliphatic carbocycles. The van der Waals surface area contributed by atoms with Crippen molar-refractivity contribution in [2.75, 3.05) is 19.8 Å². The molecule has 0 bridgehead atoms. The lowest BCUT2D eigenvalue weighted by atomic mass is 9.90. The summed E-state index contributed by atoms with van der Waals surface area (Å²) in [6.45, 7) is 1.95. The smallest absolute Gasteiger partial charge is 0.0934 e. The molecule has 1 unspecified atom stereocenters. The predicted octanol–water partition coefficient (Wildman–Crippen LogP) is 2.67. The second kappa shape index (κ2) is 5.26. The van der Waals surface area contributed by atoms with E-state index in [1.165, 1.54) is 18.4 Å².